The van der Waals surface area contributed by atoms with Crippen LogP contribution in [0.2, 0.25) is 0 Å². The van der Waals surface area contributed by atoms with Crippen molar-refractivity contribution in [3.8, 4) is 0 Å². The van der Waals surface area contributed by atoms with Crippen molar-refractivity contribution < 1.29 is 4.79 Å². The highest BCUT2D eigenvalue weighted by Gasteiger charge is 2.43. The Morgan fingerprint density at radius 1 is 1.00 bits per heavy atom. The summed E-state index contributed by atoms with van der Waals surface area (Å²) in [6.07, 6.45) is 4.95. The van der Waals surface area contributed by atoms with E-state index in [1.165, 1.54) is 24.6 Å². The van der Waals surface area contributed by atoms with Gasteiger partial charge in [-0.1, -0.05) is 42.8 Å². The van der Waals surface area contributed by atoms with E-state index in [0.717, 1.165) is 23.4 Å². The fourth-order valence-electron chi connectivity index (χ4n) is 4.13. The summed E-state index contributed by atoms with van der Waals surface area (Å²) in [6.45, 7) is 0. The number of carbonyl (C=O) groups is 1. The third-order valence-electron chi connectivity index (χ3n) is 5.12. The molecule has 2 aliphatic rings. The van der Waals surface area contributed by atoms with Gasteiger partial charge in [-0.3, -0.25) is 4.79 Å². The zero-order chi connectivity index (χ0) is 13.5. The zero-order valence-corrected chi connectivity index (χ0v) is 11.5. The van der Waals surface area contributed by atoms with Crippen molar-refractivity contribution in [1.82, 2.24) is 0 Å². The van der Waals surface area contributed by atoms with E-state index < -0.39 is 0 Å². The van der Waals surface area contributed by atoms with Crippen LogP contribution in [0.3, 0.4) is 0 Å². The Hall–Kier alpha value is -1.83. The first-order valence-electron chi connectivity index (χ1n) is 7.60. The predicted molar refractivity (Wildman–Crippen MR) is 81.5 cm³/mol. The van der Waals surface area contributed by atoms with Gasteiger partial charge in [-0.25, -0.2) is 0 Å². The van der Waals surface area contributed by atoms with E-state index in [4.69, 9.17) is 0 Å². The Morgan fingerprint density at radius 3 is 2.65 bits per heavy atom. The Kier molecular flexibility index (Phi) is 2.76. The molecule has 2 nitrogen and oxygen atoms in total. The van der Waals surface area contributed by atoms with Gasteiger partial charge in [0, 0.05) is 17.0 Å². The molecule has 0 spiro atoms. The fraction of sp³-hybridized carbons (Fsp3) is 0.389. The average Bonchev–Trinajstić information content (AvgIpc) is 3.10. The van der Waals surface area contributed by atoms with Gasteiger partial charge in [0.25, 0.3) is 0 Å². The minimum absolute atomic E-state index is 0.230. The van der Waals surface area contributed by atoms with Crippen LogP contribution in [0.4, 0.5) is 5.69 Å². The summed E-state index contributed by atoms with van der Waals surface area (Å²) in [5, 5.41) is 5.48. The third kappa shape index (κ3) is 1.91. The second kappa shape index (κ2) is 4.62. The maximum Gasteiger partial charge on any atom is 0.227 e. The highest BCUT2D eigenvalue weighted by Crippen LogP contribution is 2.48. The van der Waals surface area contributed by atoms with Crippen molar-refractivity contribution in [2.45, 2.75) is 25.7 Å². The first kappa shape index (κ1) is 12.0. The van der Waals surface area contributed by atoms with E-state index in [9.17, 15) is 4.79 Å². The van der Waals surface area contributed by atoms with Crippen molar-refractivity contribution in [2.24, 2.45) is 17.8 Å². The topological polar surface area (TPSA) is 29.1 Å². The monoisotopic (exact) mass is 265 g/mol. The number of hydrogen-bond acceptors (Lipinski definition) is 1. The van der Waals surface area contributed by atoms with Crippen molar-refractivity contribution >= 4 is 22.4 Å². The first-order valence-corrected chi connectivity index (χ1v) is 7.60. The number of nitrogens with one attached hydrogen (secondary N) is 1. The number of rotatable bonds is 2. The van der Waals surface area contributed by atoms with E-state index in [2.05, 4.69) is 23.5 Å². The number of fused-ring (bicyclic) bond motifs is 3. The number of carbonyl (C=O) groups excluding carboxylic acids is 1. The molecule has 0 aromatic heterocycles. The summed E-state index contributed by atoms with van der Waals surface area (Å²) < 4.78 is 0. The van der Waals surface area contributed by atoms with Gasteiger partial charge >= 0.3 is 0 Å². The minimum Gasteiger partial charge on any atom is -0.325 e. The molecule has 1 amide bonds. The third-order valence-corrected chi connectivity index (χ3v) is 5.12. The van der Waals surface area contributed by atoms with Crippen LogP contribution in [0.1, 0.15) is 25.7 Å². The second-order valence-electron chi connectivity index (χ2n) is 6.30. The van der Waals surface area contributed by atoms with Gasteiger partial charge in [0.2, 0.25) is 5.91 Å². The Bertz CT molecular complexity index is 658. The lowest BCUT2D eigenvalue weighted by atomic mass is 9.88. The van der Waals surface area contributed by atoms with Crippen LogP contribution in [-0.4, -0.2) is 5.91 Å². The maximum atomic E-state index is 12.5. The normalized spacial score (nSPS) is 27.9. The molecule has 0 aliphatic heterocycles. The van der Waals surface area contributed by atoms with Gasteiger partial charge in [0.1, 0.15) is 0 Å². The van der Waals surface area contributed by atoms with Crippen molar-refractivity contribution in [2.75, 3.05) is 5.32 Å². The summed E-state index contributed by atoms with van der Waals surface area (Å²) in [6, 6.07) is 14.3. The van der Waals surface area contributed by atoms with Gasteiger partial charge in [0.15, 0.2) is 0 Å². The molecule has 2 heteroatoms. The molecule has 2 aliphatic carbocycles. The quantitative estimate of drug-likeness (QED) is 0.865. The first-order chi connectivity index (χ1) is 9.81. The summed E-state index contributed by atoms with van der Waals surface area (Å²) in [7, 11) is 0. The molecule has 0 saturated heterocycles. The Labute approximate surface area is 119 Å². The van der Waals surface area contributed by atoms with Gasteiger partial charge in [0.05, 0.1) is 0 Å². The molecule has 0 heterocycles. The molecule has 2 bridgehead atoms. The molecular weight excluding hydrogens is 246 g/mol. The summed E-state index contributed by atoms with van der Waals surface area (Å²) in [5.41, 5.74) is 0.955. The van der Waals surface area contributed by atoms with Gasteiger partial charge in [-0.2, -0.15) is 0 Å². The average molecular weight is 265 g/mol. The number of anilines is 1. The van der Waals surface area contributed by atoms with E-state index in [-0.39, 0.29) is 11.8 Å². The highest BCUT2D eigenvalue weighted by atomic mass is 16.1. The molecule has 3 atom stereocenters. The van der Waals surface area contributed by atoms with Crippen molar-refractivity contribution in [3.05, 3.63) is 42.5 Å². The molecule has 4 rings (SSSR count). The molecule has 2 fully saturated rings. The van der Waals surface area contributed by atoms with Crippen LogP contribution in [-0.2, 0) is 4.79 Å². The SMILES string of the molecule is O=C(Nc1cccc2ccccc12)C1CC2CCC1C2. The molecule has 3 unspecified atom stereocenters. The van der Waals surface area contributed by atoms with Crippen LogP contribution in [0.5, 0.6) is 0 Å². The van der Waals surface area contributed by atoms with E-state index in [1.54, 1.807) is 0 Å². The number of benzene rings is 2. The molecule has 2 aromatic rings. The largest absolute Gasteiger partial charge is 0.325 e. The Morgan fingerprint density at radius 2 is 1.85 bits per heavy atom. The van der Waals surface area contributed by atoms with Crippen molar-refractivity contribution in [3.63, 3.8) is 0 Å². The van der Waals surface area contributed by atoms with Crippen LogP contribution in [0, 0.1) is 17.8 Å². The highest BCUT2D eigenvalue weighted by molar-refractivity contribution is 6.02. The number of amides is 1. The van der Waals surface area contributed by atoms with Crippen LogP contribution < -0.4 is 5.32 Å². The lowest BCUT2D eigenvalue weighted by molar-refractivity contribution is -0.121. The molecule has 102 valence electrons. The number of hydrogen-bond donors (Lipinski definition) is 1. The minimum atomic E-state index is 0.230. The van der Waals surface area contributed by atoms with Crippen LogP contribution in [0.15, 0.2) is 42.5 Å². The summed E-state index contributed by atoms with van der Waals surface area (Å²) in [5.74, 6) is 1.92. The van der Waals surface area contributed by atoms with E-state index in [0.29, 0.717) is 5.92 Å². The molecule has 2 aromatic carbocycles. The maximum absolute atomic E-state index is 12.5. The fourth-order valence-corrected chi connectivity index (χ4v) is 4.13. The van der Waals surface area contributed by atoms with Crippen LogP contribution in [0.25, 0.3) is 10.8 Å². The zero-order valence-electron chi connectivity index (χ0n) is 11.5. The standard InChI is InChI=1S/C18H19NO/c20-18(16-11-12-8-9-14(16)10-12)19-17-7-3-5-13-4-1-2-6-15(13)17/h1-7,12,14,16H,8-11H2,(H,19,20). The smallest absolute Gasteiger partial charge is 0.227 e. The molecule has 2 saturated carbocycles. The molecular formula is C18H19NO. The molecule has 1 N–H and O–H groups in total. The lowest BCUT2D eigenvalue weighted by Gasteiger charge is -2.21. The van der Waals surface area contributed by atoms with Gasteiger partial charge in [-0.05, 0) is 42.6 Å². The Balaban J connectivity index is 1.60. The lowest BCUT2D eigenvalue weighted by Crippen LogP contribution is -2.27. The second-order valence-corrected chi connectivity index (χ2v) is 6.30. The molecule has 0 radical (unpaired) electrons. The summed E-state index contributed by atoms with van der Waals surface area (Å²) >= 11 is 0. The van der Waals surface area contributed by atoms with Crippen molar-refractivity contribution in [1.29, 1.82) is 0 Å². The predicted octanol–water partition coefficient (Wildman–Crippen LogP) is 4.21. The van der Waals surface area contributed by atoms with E-state index >= 15 is 0 Å². The van der Waals surface area contributed by atoms with Gasteiger partial charge in [-0.15, -0.1) is 0 Å². The van der Waals surface area contributed by atoms with E-state index in [1.807, 2.05) is 24.3 Å². The van der Waals surface area contributed by atoms with Gasteiger partial charge < -0.3 is 5.32 Å². The molecule has 20 heavy (non-hydrogen) atoms. The van der Waals surface area contributed by atoms with Crippen LogP contribution >= 0.6 is 0 Å². The summed E-state index contributed by atoms with van der Waals surface area (Å²) in [4.78, 5) is 12.5.